The predicted molar refractivity (Wildman–Crippen MR) is 176 cm³/mol. The number of aryl methyl sites for hydroxylation is 3. The Morgan fingerprint density at radius 2 is 1.60 bits per heavy atom. The number of carboxylic acids is 1. The molecule has 2 aliphatic heterocycles. The number of nitrogens with zero attached hydrogens (tertiary/aromatic N) is 3. The molecule has 1 atom stereocenters. The number of hydrogen-bond donors (Lipinski definition) is 2. The summed E-state index contributed by atoms with van der Waals surface area (Å²) in [5.74, 6) is -1.73. The number of allylic oxidation sites excluding steroid dienone is 4. The van der Waals surface area contributed by atoms with Crippen LogP contribution in [0.5, 0.6) is 0 Å². The number of rotatable bonds is 8. The molecule has 0 aliphatic carbocycles. The van der Waals surface area contributed by atoms with Gasteiger partial charge in [0.05, 0.1) is 42.4 Å². The molecule has 0 saturated carbocycles. The molecule has 0 spiro atoms. The summed E-state index contributed by atoms with van der Waals surface area (Å²) in [4.78, 5) is 41.8. The number of aliphatic hydroxyl groups excluding tert-OH is 1. The van der Waals surface area contributed by atoms with Crippen LogP contribution in [0.25, 0.3) is 50.4 Å². The Labute approximate surface area is 277 Å². The van der Waals surface area contributed by atoms with Crippen molar-refractivity contribution in [1.82, 2.24) is 19.9 Å². The second-order valence-corrected chi connectivity index (χ2v) is 11.0. The molecule has 0 aromatic carbocycles. The van der Waals surface area contributed by atoms with Gasteiger partial charge in [0.25, 0.3) is 0 Å². The molecule has 0 amide bonds. The molecule has 9 nitrogen and oxygen atoms in total. The first kappa shape index (κ1) is 33.6. The molecule has 10 heteroatoms. The average Bonchev–Trinajstić information content (AvgIpc) is 3.64. The van der Waals surface area contributed by atoms with Gasteiger partial charge in [-0.25, -0.2) is 9.97 Å². The van der Waals surface area contributed by atoms with Crippen molar-refractivity contribution in [2.75, 3.05) is 7.11 Å². The van der Waals surface area contributed by atoms with Crippen LogP contribution < -0.4 is 10.1 Å². The van der Waals surface area contributed by atoms with E-state index in [9.17, 15) is 19.8 Å². The number of ether oxygens (including phenoxy) is 1. The van der Waals surface area contributed by atoms with Crippen molar-refractivity contribution in [2.45, 2.75) is 53.1 Å². The smallest absolute Gasteiger partial charge is 0.657 e. The summed E-state index contributed by atoms with van der Waals surface area (Å²) in [6.07, 6.45) is 2.11. The van der Waals surface area contributed by atoms with E-state index in [0.717, 1.165) is 55.8 Å². The van der Waals surface area contributed by atoms with Crippen LogP contribution in [0.4, 0.5) is 0 Å². The van der Waals surface area contributed by atoms with Gasteiger partial charge in [0.15, 0.2) is 0 Å². The van der Waals surface area contributed by atoms with Gasteiger partial charge < -0.3 is 29.7 Å². The van der Waals surface area contributed by atoms with Crippen molar-refractivity contribution in [1.29, 1.82) is 0 Å². The third-order valence-electron chi connectivity index (χ3n) is 8.38. The van der Waals surface area contributed by atoms with Crippen molar-refractivity contribution in [3.8, 4) is 0 Å². The fraction of sp³-hybridized carbons (Fsp3) is 0.257. The van der Waals surface area contributed by atoms with Gasteiger partial charge in [-0.3, -0.25) is 4.79 Å². The maximum absolute atomic E-state index is 12.2. The molecule has 2 aliphatic rings. The summed E-state index contributed by atoms with van der Waals surface area (Å²) in [5.41, 5.74) is 11.6. The van der Waals surface area contributed by atoms with Crippen LogP contribution in [0.15, 0.2) is 43.5 Å². The number of aromatic nitrogens is 4. The van der Waals surface area contributed by atoms with E-state index in [-0.39, 0.29) is 42.3 Å². The molecular formula is C35H34MgN4O5. The van der Waals surface area contributed by atoms with Gasteiger partial charge in [-0.2, -0.15) is 0 Å². The molecule has 5 rings (SSSR count). The van der Waals surface area contributed by atoms with Crippen LogP contribution in [0.1, 0.15) is 71.7 Å². The molecule has 8 bridgehead atoms. The summed E-state index contributed by atoms with van der Waals surface area (Å²) in [6.45, 7) is 15.8. The van der Waals surface area contributed by atoms with Crippen LogP contribution >= 0.6 is 0 Å². The first-order valence-corrected chi connectivity index (χ1v) is 14.3. The second-order valence-electron chi connectivity index (χ2n) is 11.0. The van der Waals surface area contributed by atoms with Crippen LogP contribution in [0.2, 0.25) is 0 Å². The minimum Gasteiger partial charge on any atom is -0.657 e. The van der Waals surface area contributed by atoms with Gasteiger partial charge in [0.1, 0.15) is 0 Å². The first-order valence-electron chi connectivity index (χ1n) is 14.3. The van der Waals surface area contributed by atoms with Crippen LogP contribution in [0, 0.1) is 13.8 Å². The van der Waals surface area contributed by atoms with Crippen LogP contribution in [0.3, 0.4) is 0 Å². The summed E-state index contributed by atoms with van der Waals surface area (Å²) < 4.78 is 4.82. The summed E-state index contributed by atoms with van der Waals surface area (Å²) in [6, 6.07) is 7.49. The van der Waals surface area contributed by atoms with Crippen LogP contribution in [-0.2, 0) is 20.7 Å². The molecule has 3 aromatic heterocycles. The van der Waals surface area contributed by atoms with Gasteiger partial charge in [-0.15, -0.1) is 11.0 Å². The number of nitrogens with one attached hydrogen (secondary N) is 1. The number of aliphatic hydroxyl groups is 1. The van der Waals surface area contributed by atoms with E-state index in [4.69, 9.17) is 19.7 Å². The van der Waals surface area contributed by atoms with E-state index >= 15 is 0 Å². The molecular weight excluding hydrogens is 581 g/mol. The molecule has 0 saturated heterocycles. The molecule has 0 fully saturated rings. The standard InChI is InChI=1S/C35H36N4O5.Mg/c1-8-21-17(3)24-12-25-19(5)23(10-11-33(41)42)30(38-25)15-31-35(32(40)16-34(43)44-7)20(6)27(39-31)14-29-22(9-2)18(4)26(37-29)13-28(21)36-24;/h8-9,12-15,32,40H,1-2,10-11,16H2,3-7H3,(H3,36,37,38,39,41,42);/q;+2/p-2. The zero-order chi connectivity index (χ0) is 31.9. The summed E-state index contributed by atoms with van der Waals surface area (Å²) >= 11 is 0. The Bertz CT molecular complexity index is 1980. The van der Waals surface area contributed by atoms with Crippen molar-refractivity contribution >= 4 is 85.4 Å². The third-order valence-corrected chi connectivity index (χ3v) is 8.38. The molecule has 0 radical (unpaired) electrons. The van der Waals surface area contributed by atoms with Crippen LogP contribution in [-0.4, -0.2) is 68.3 Å². The summed E-state index contributed by atoms with van der Waals surface area (Å²) in [5, 5.41) is 22.7. The monoisotopic (exact) mass is 614 g/mol. The Kier molecular flexibility index (Phi) is 10.0. The number of carbonyl (C=O) groups is 2. The van der Waals surface area contributed by atoms with E-state index in [2.05, 4.69) is 18.1 Å². The minimum atomic E-state index is -1.20. The van der Waals surface area contributed by atoms with Gasteiger partial charge >= 0.3 is 29.0 Å². The maximum Gasteiger partial charge on any atom is 2.00 e. The average molecular weight is 615 g/mol. The van der Waals surface area contributed by atoms with Gasteiger partial charge in [-0.05, 0) is 69.4 Å². The number of fused-ring (bicyclic) bond motifs is 8. The van der Waals surface area contributed by atoms with Crippen molar-refractivity contribution in [3.05, 3.63) is 88.5 Å². The predicted octanol–water partition coefficient (Wildman–Crippen LogP) is 4.48. The molecule has 1 unspecified atom stereocenters. The number of aliphatic carboxylic acids is 1. The summed E-state index contributed by atoms with van der Waals surface area (Å²) in [7, 11) is 1.27. The number of hydrogen-bond acceptors (Lipinski definition) is 7. The third kappa shape index (κ3) is 6.31. The topological polar surface area (TPSA) is 142 Å². The number of aromatic amines is 1. The van der Waals surface area contributed by atoms with E-state index in [0.29, 0.717) is 33.6 Å². The maximum atomic E-state index is 12.2. The Balaban J connectivity index is 0.00000461. The first-order chi connectivity index (χ1) is 21.0. The van der Waals surface area contributed by atoms with Gasteiger partial charge in [0.2, 0.25) is 0 Å². The number of methoxy groups -OCH3 is 1. The zero-order valence-electron chi connectivity index (χ0n) is 26.2. The molecule has 2 N–H and O–H groups in total. The van der Waals surface area contributed by atoms with E-state index in [1.165, 1.54) is 7.11 Å². The van der Waals surface area contributed by atoms with Gasteiger partial charge in [0, 0.05) is 33.7 Å². The quantitative estimate of drug-likeness (QED) is 0.279. The fourth-order valence-electron chi connectivity index (χ4n) is 5.87. The van der Waals surface area contributed by atoms with Gasteiger partial charge in [-0.1, -0.05) is 48.6 Å². The molecule has 5 heterocycles. The fourth-order valence-corrected chi connectivity index (χ4v) is 5.87. The van der Waals surface area contributed by atoms with E-state index in [1.807, 2.05) is 45.9 Å². The van der Waals surface area contributed by atoms with Crippen molar-refractivity contribution in [2.24, 2.45) is 0 Å². The van der Waals surface area contributed by atoms with E-state index in [1.54, 1.807) is 18.2 Å². The minimum absolute atomic E-state index is 0. The number of carbonyl (C=O) groups excluding carboxylic acids is 2. The largest absolute Gasteiger partial charge is 2.00 e. The second kappa shape index (κ2) is 13.4. The molecule has 45 heavy (non-hydrogen) atoms. The molecule has 3 aromatic rings. The normalized spacial score (nSPS) is 13.4. The number of carboxylic acid groups (broad SMARTS) is 1. The SMILES string of the molecule is C=CC1=C(C)c2cc3[n-]c(cc4nc(cc5[nH]c(cc1n2)c(C)c5C=C)C(C)=C4C(O)CC(=O)OC)c(CCC(=O)[O-])c3C.[Mg+2]. The Morgan fingerprint density at radius 1 is 0.956 bits per heavy atom. The number of H-pyrrole nitrogens is 1. The zero-order valence-corrected chi connectivity index (χ0v) is 27.6. The molecule has 226 valence electrons. The number of esters is 1. The Morgan fingerprint density at radius 3 is 2.24 bits per heavy atom. The van der Waals surface area contributed by atoms with E-state index < -0.39 is 18.0 Å². The van der Waals surface area contributed by atoms with Crippen molar-refractivity contribution < 1.29 is 24.5 Å². The Hall–Kier alpha value is -4.25. The van der Waals surface area contributed by atoms with Crippen molar-refractivity contribution in [3.63, 3.8) is 0 Å².